The highest BCUT2D eigenvalue weighted by atomic mass is 19.1. The summed E-state index contributed by atoms with van der Waals surface area (Å²) in [6.45, 7) is -0.213. The third-order valence-electron chi connectivity index (χ3n) is 3.22. The number of amides is 1. The van der Waals surface area contributed by atoms with Crippen molar-refractivity contribution in [3.8, 4) is 5.75 Å². The van der Waals surface area contributed by atoms with Gasteiger partial charge in [-0.05, 0) is 18.2 Å². The Hall–Kier alpha value is -2.40. The topological polar surface area (TPSA) is 49.8 Å². The molecule has 1 amide bonds. The molecular formula is C15H12FNO3. The van der Waals surface area contributed by atoms with Gasteiger partial charge in [0.1, 0.15) is 0 Å². The summed E-state index contributed by atoms with van der Waals surface area (Å²) in [6.07, 6.45) is -1.06. The highest BCUT2D eigenvalue weighted by Crippen LogP contribution is 2.31. The van der Waals surface area contributed by atoms with Gasteiger partial charge in [-0.25, -0.2) is 4.39 Å². The number of halogens is 1. The fraction of sp³-hybridized carbons (Fsp3) is 0.133. The van der Waals surface area contributed by atoms with E-state index >= 15 is 0 Å². The Bertz CT molecular complexity index is 659. The Labute approximate surface area is 115 Å². The molecule has 2 aromatic carbocycles. The number of benzene rings is 2. The smallest absolute Gasteiger partial charge is 0.259 e. The molecule has 0 aromatic heterocycles. The van der Waals surface area contributed by atoms with Crippen molar-refractivity contribution in [3.05, 3.63) is 65.5 Å². The van der Waals surface area contributed by atoms with Gasteiger partial charge < -0.3 is 9.84 Å². The van der Waals surface area contributed by atoms with Crippen LogP contribution in [0, 0.1) is 5.82 Å². The third-order valence-corrected chi connectivity index (χ3v) is 3.22. The molecule has 0 bridgehead atoms. The number of hydrogen-bond acceptors (Lipinski definition) is 3. The molecule has 0 saturated heterocycles. The van der Waals surface area contributed by atoms with Crippen LogP contribution in [0.4, 0.5) is 4.39 Å². The lowest BCUT2D eigenvalue weighted by molar-refractivity contribution is -0.0148. The van der Waals surface area contributed by atoms with Crippen molar-refractivity contribution in [3.63, 3.8) is 0 Å². The van der Waals surface area contributed by atoms with Crippen LogP contribution in [0.1, 0.15) is 22.1 Å². The molecule has 1 aliphatic heterocycles. The Morgan fingerprint density at radius 1 is 1.15 bits per heavy atom. The van der Waals surface area contributed by atoms with E-state index in [2.05, 4.69) is 0 Å². The Morgan fingerprint density at radius 3 is 2.60 bits per heavy atom. The number of carbonyl (C=O) groups is 1. The second-order valence-corrected chi connectivity index (χ2v) is 4.44. The first-order chi connectivity index (χ1) is 9.68. The van der Waals surface area contributed by atoms with Gasteiger partial charge in [0.2, 0.25) is 0 Å². The lowest BCUT2D eigenvalue weighted by Crippen LogP contribution is -2.32. The highest BCUT2D eigenvalue weighted by Gasteiger charge is 2.35. The van der Waals surface area contributed by atoms with Gasteiger partial charge >= 0.3 is 0 Å². The number of ether oxygens (including phenoxy) is 1. The monoisotopic (exact) mass is 273 g/mol. The van der Waals surface area contributed by atoms with Gasteiger partial charge in [0.25, 0.3) is 5.91 Å². The minimum Gasteiger partial charge on any atom is -0.470 e. The van der Waals surface area contributed by atoms with E-state index in [4.69, 9.17) is 4.74 Å². The van der Waals surface area contributed by atoms with Crippen molar-refractivity contribution in [1.82, 2.24) is 4.90 Å². The van der Waals surface area contributed by atoms with Gasteiger partial charge in [-0.15, -0.1) is 0 Å². The van der Waals surface area contributed by atoms with Crippen LogP contribution in [0.15, 0.2) is 48.5 Å². The van der Waals surface area contributed by atoms with E-state index in [1.54, 1.807) is 36.4 Å². The van der Waals surface area contributed by atoms with Crippen molar-refractivity contribution >= 4 is 5.91 Å². The SMILES string of the molecule is O=C1c2ccccc2C(O)N1COc1ccccc1F. The normalized spacial score (nSPS) is 17.2. The molecule has 4 nitrogen and oxygen atoms in total. The number of para-hydroxylation sites is 1. The molecule has 0 radical (unpaired) electrons. The van der Waals surface area contributed by atoms with E-state index in [0.29, 0.717) is 11.1 Å². The van der Waals surface area contributed by atoms with Gasteiger partial charge in [0.15, 0.2) is 24.5 Å². The molecule has 1 unspecified atom stereocenters. The lowest BCUT2D eigenvalue weighted by atomic mass is 10.1. The van der Waals surface area contributed by atoms with Crippen molar-refractivity contribution in [1.29, 1.82) is 0 Å². The van der Waals surface area contributed by atoms with E-state index in [1.165, 1.54) is 12.1 Å². The molecule has 0 fully saturated rings. The van der Waals surface area contributed by atoms with E-state index in [-0.39, 0.29) is 18.4 Å². The molecule has 102 valence electrons. The van der Waals surface area contributed by atoms with E-state index in [9.17, 15) is 14.3 Å². The lowest BCUT2D eigenvalue weighted by Gasteiger charge is -2.21. The summed E-state index contributed by atoms with van der Waals surface area (Å²) in [5.41, 5.74) is 0.978. The molecule has 0 aliphatic carbocycles. The summed E-state index contributed by atoms with van der Waals surface area (Å²) >= 11 is 0. The number of aliphatic hydroxyl groups is 1. The molecule has 5 heteroatoms. The van der Waals surface area contributed by atoms with Gasteiger partial charge in [0, 0.05) is 11.1 Å². The molecular weight excluding hydrogens is 261 g/mol. The second kappa shape index (κ2) is 4.94. The minimum absolute atomic E-state index is 0.0449. The Morgan fingerprint density at radius 2 is 1.85 bits per heavy atom. The Balaban J connectivity index is 1.77. The number of rotatable bonds is 3. The standard InChI is InChI=1S/C15H12FNO3/c16-12-7-3-4-8-13(12)20-9-17-14(18)10-5-1-2-6-11(10)15(17)19/h1-8,14,18H,9H2. The third kappa shape index (κ3) is 2.02. The molecule has 1 atom stereocenters. The van der Waals surface area contributed by atoms with Gasteiger partial charge in [-0.2, -0.15) is 0 Å². The molecule has 2 aromatic rings. The first-order valence-corrected chi connectivity index (χ1v) is 6.14. The van der Waals surface area contributed by atoms with Crippen molar-refractivity contribution < 1.29 is 19.0 Å². The maximum absolute atomic E-state index is 13.4. The van der Waals surface area contributed by atoms with Crippen LogP contribution in [0.3, 0.4) is 0 Å². The molecule has 1 aliphatic rings. The zero-order valence-corrected chi connectivity index (χ0v) is 10.5. The first kappa shape index (κ1) is 12.6. The maximum atomic E-state index is 13.4. The molecule has 0 spiro atoms. The van der Waals surface area contributed by atoms with E-state index in [1.807, 2.05) is 0 Å². The largest absolute Gasteiger partial charge is 0.470 e. The van der Waals surface area contributed by atoms with Crippen LogP contribution in [0.5, 0.6) is 5.75 Å². The molecule has 0 saturated carbocycles. The summed E-state index contributed by atoms with van der Waals surface area (Å²) < 4.78 is 18.7. The highest BCUT2D eigenvalue weighted by molar-refractivity contribution is 5.98. The molecule has 1 heterocycles. The average molecular weight is 273 g/mol. The number of hydrogen-bond donors (Lipinski definition) is 1. The predicted octanol–water partition coefficient (Wildman–Crippen LogP) is 2.31. The van der Waals surface area contributed by atoms with Crippen LogP contribution in [0.2, 0.25) is 0 Å². The van der Waals surface area contributed by atoms with Gasteiger partial charge in [0.05, 0.1) is 0 Å². The summed E-state index contributed by atoms with van der Waals surface area (Å²) in [4.78, 5) is 13.3. The maximum Gasteiger partial charge on any atom is 0.259 e. The average Bonchev–Trinajstić information content (AvgIpc) is 2.71. The van der Waals surface area contributed by atoms with Gasteiger partial charge in [-0.3, -0.25) is 9.69 Å². The second-order valence-electron chi connectivity index (χ2n) is 4.44. The zero-order chi connectivity index (χ0) is 14.1. The van der Waals surface area contributed by atoms with Gasteiger partial charge in [-0.1, -0.05) is 30.3 Å². The van der Waals surface area contributed by atoms with Crippen molar-refractivity contribution in [2.45, 2.75) is 6.23 Å². The number of fused-ring (bicyclic) bond motifs is 1. The quantitative estimate of drug-likeness (QED) is 0.933. The van der Waals surface area contributed by atoms with Crippen molar-refractivity contribution in [2.24, 2.45) is 0 Å². The summed E-state index contributed by atoms with van der Waals surface area (Å²) in [5, 5.41) is 10.1. The minimum atomic E-state index is -1.06. The van der Waals surface area contributed by atoms with E-state index in [0.717, 1.165) is 4.90 Å². The number of aliphatic hydroxyl groups excluding tert-OH is 1. The van der Waals surface area contributed by atoms with Crippen LogP contribution < -0.4 is 4.74 Å². The molecule has 1 N–H and O–H groups in total. The zero-order valence-electron chi connectivity index (χ0n) is 10.5. The Kier molecular flexibility index (Phi) is 3.12. The van der Waals surface area contributed by atoms with E-state index < -0.39 is 12.0 Å². The summed E-state index contributed by atoms with van der Waals surface area (Å²) in [5.74, 6) is -0.793. The summed E-state index contributed by atoms with van der Waals surface area (Å²) in [6, 6.07) is 12.7. The van der Waals surface area contributed by atoms with Crippen LogP contribution in [-0.2, 0) is 0 Å². The first-order valence-electron chi connectivity index (χ1n) is 6.14. The number of nitrogens with zero attached hydrogens (tertiary/aromatic N) is 1. The summed E-state index contributed by atoms with van der Waals surface area (Å²) in [7, 11) is 0. The fourth-order valence-corrected chi connectivity index (χ4v) is 2.18. The van der Waals surface area contributed by atoms with Crippen LogP contribution in [-0.4, -0.2) is 22.6 Å². The van der Waals surface area contributed by atoms with Crippen LogP contribution in [0.25, 0.3) is 0 Å². The predicted molar refractivity (Wildman–Crippen MR) is 69.5 cm³/mol. The van der Waals surface area contributed by atoms with Crippen LogP contribution >= 0.6 is 0 Å². The number of carbonyl (C=O) groups excluding carboxylic acids is 1. The molecule has 3 rings (SSSR count). The fourth-order valence-electron chi connectivity index (χ4n) is 2.18. The van der Waals surface area contributed by atoms with Crippen molar-refractivity contribution in [2.75, 3.05) is 6.73 Å². The molecule has 20 heavy (non-hydrogen) atoms.